The fraction of sp³-hybridized carbons (Fsp3) is 0.308. The lowest BCUT2D eigenvalue weighted by Crippen LogP contribution is -2.46. The van der Waals surface area contributed by atoms with E-state index in [1.807, 2.05) is 92.0 Å². The molecule has 2 N–H and O–H groups in total. The first-order valence-electron chi connectivity index (χ1n) is 16.8. The topological polar surface area (TPSA) is 109 Å². The molecule has 0 bridgehead atoms. The zero-order chi connectivity index (χ0) is 34.1. The zero-order valence-electron chi connectivity index (χ0n) is 27.6. The lowest BCUT2D eigenvalue weighted by Gasteiger charge is -2.43. The first kappa shape index (κ1) is 33.0. The summed E-state index contributed by atoms with van der Waals surface area (Å²) in [6.07, 6.45) is 5.10. The Labute approximate surface area is 290 Å². The van der Waals surface area contributed by atoms with E-state index >= 15 is 0 Å². The number of hydrogen-bond donors (Lipinski definition) is 2. The molecule has 0 radical (unpaired) electrons. The van der Waals surface area contributed by atoms with Crippen molar-refractivity contribution < 1.29 is 29.1 Å². The van der Waals surface area contributed by atoms with Gasteiger partial charge >= 0.3 is 7.12 Å². The second-order valence-corrected chi connectivity index (χ2v) is 14.2. The van der Waals surface area contributed by atoms with Gasteiger partial charge in [-0.1, -0.05) is 30.3 Å². The van der Waals surface area contributed by atoms with E-state index in [4.69, 9.17) is 9.39 Å². The number of likely N-dealkylation sites (tertiary alicyclic amines) is 1. The Kier molecular flexibility index (Phi) is 9.54. The molecule has 2 aliphatic heterocycles. The van der Waals surface area contributed by atoms with Crippen molar-refractivity contribution in [3.8, 4) is 11.5 Å². The van der Waals surface area contributed by atoms with Crippen LogP contribution in [0.25, 0.3) is 11.6 Å². The summed E-state index contributed by atoms with van der Waals surface area (Å²) in [6.45, 7) is 4.29. The lowest BCUT2D eigenvalue weighted by molar-refractivity contribution is -0.140. The van der Waals surface area contributed by atoms with Crippen LogP contribution in [0.2, 0.25) is 6.32 Å². The highest BCUT2D eigenvalue weighted by Crippen LogP contribution is 2.51. The molecule has 2 aromatic carbocycles. The molecular formula is C39H39BN2O6S. The third-order valence-corrected chi connectivity index (χ3v) is 10.8. The minimum atomic E-state index is -1.08. The van der Waals surface area contributed by atoms with Gasteiger partial charge in [0.05, 0.1) is 30.2 Å². The van der Waals surface area contributed by atoms with E-state index in [0.717, 1.165) is 49.7 Å². The molecule has 2 fully saturated rings. The number of allylic oxidation sites excluding steroid dienone is 1. The molecule has 0 unspecified atom stereocenters. The van der Waals surface area contributed by atoms with Crippen LogP contribution >= 0.6 is 11.3 Å². The lowest BCUT2D eigenvalue weighted by atomic mass is 9.58. The molecule has 7 rings (SSSR count). The molecule has 2 saturated heterocycles. The third kappa shape index (κ3) is 6.86. The maximum absolute atomic E-state index is 14.1. The monoisotopic (exact) mass is 674 g/mol. The smallest absolute Gasteiger partial charge is 0.455 e. The Hall–Kier alpha value is -4.51. The summed E-state index contributed by atoms with van der Waals surface area (Å²) < 4.78 is 12.6. The molecule has 250 valence electrons. The van der Waals surface area contributed by atoms with Crippen molar-refractivity contribution in [3.05, 3.63) is 123 Å². The van der Waals surface area contributed by atoms with Crippen LogP contribution in [-0.2, 0) is 20.8 Å². The number of aromatic nitrogens is 1. The van der Waals surface area contributed by atoms with Gasteiger partial charge in [0.25, 0.3) is 0 Å². The molecule has 2 amide bonds. The number of carbonyl (C=O) groups excluding carboxylic acids is 2. The fourth-order valence-electron chi connectivity index (χ4n) is 7.75. The first-order valence-corrected chi connectivity index (χ1v) is 17.7. The summed E-state index contributed by atoms with van der Waals surface area (Å²) in [7, 11) is -1.08. The number of para-hydroxylation sites is 1. The number of nitrogens with zero attached hydrogens (tertiary/aromatic N) is 2. The van der Waals surface area contributed by atoms with E-state index in [2.05, 4.69) is 11.1 Å². The van der Waals surface area contributed by atoms with Crippen molar-refractivity contribution in [2.45, 2.75) is 52.1 Å². The molecule has 10 heteroatoms. The van der Waals surface area contributed by atoms with Crippen molar-refractivity contribution in [3.63, 3.8) is 0 Å². The van der Waals surface area contributed by atoms with Crippen LogP contribution in [0.4, 0.5) is 0 Å². The Morgan fingerprint density at radius 3 is 2.53 bits per heavy atom. The van der Waals surface area contributed by atoms with Crippen LogP contribution in [-0.4, -0.2) is 51.7 Å². The number of thiophene rings is 1. The average Bonchev–Trinajstić information content (AvgIpc) is 3.71. The van der Waals surface area contributed by atoms with Crippen molar-refractivity contribution in [2.75, 3.05) is 6.61 Å². The number of hydrogen-bond acceptors (Lipinski definition) is 8. The molecule has 4 atom stereocenters. The number of pyridine rings is 1. The third-order valence-electron chi connectivity index (χ3n) is 9.97. The van der Waals surface area contributed by atoms with E-state index in [1.54, 1.807) is 6.20 Å². The number of phenolic OH excluding ortho intramolecular Hbond substituents is 1. The van der Waals surface area contributed by atoms with Crippen molar-refractivity contribution >= 4 is 41.9 Å². The van der Waals surface area contributed by atoms with E-state index in [1.165, 1.54) is 16.2 Å². The average molecular weight is 675 g/mol. The Bertz CT molecular complexity index is 1870. The van der Waals surface area contributed by atoms with Gasteiger partial charge < -0.3 is 19.5 Å². The molecule has 3 aliphatic rings. The molecule has 0 saturated carbocycles. The highest BCUT2D eigenvalue weighted by Gasteiger charge is 2.57. The summed E-state index contributed by atoms with van der Waals surface area (Å²) >= 11 is 1.53. The van der Waals surface area contributed by atoms with Gasteiger partial charge in [0.2, 0.25) is 11.8 Å². The van der Waals surface area contributed by atoms with Gasteiger partial charge in [0, 0.05) is 11.1 Å². The number of benzene rings is 2. The van der Waals surface area contributed by atoms with Gasteiger partial charge in [0.15, 0.2) is 0 Å². The minimum Gasteiger partial charge on any atom is -0.507 e. The predicted octanol–water partition coefficient (Wildman–Crippen LogP) is 6.86. The van der Waals surface area contributed by atoms with Crippen LogP contribution in [0.15, 0.2) is 95.5 Å². The van der Waals surface area contributed by atoms with Crippen LogP contribution in [0.3, 0.4) is 0 Å². The number of imide groups is 1. The number of ether oxygens (including phenoxy) is 1. The number of aryl methyl sites for hydroxylation is 2. The van der Waals surface area contributed by atoms with Gasteiger partial charge in [-0.3, -0.25) is 19.5 Å². The number of aromatic hydroxyl groups is 1. The van der Waals surface area contributed by atoms with Gasteiger partial charge in [-0.2, -0.15) is 0 Å². The first-order chi connectivity index (χ1) is 23.8. The van der Waals surface area contributed by atoms with Crippen molar-refractivity contribution in [1.82, 2.24) is 9.88 Å². The fourth-order valence-corrected chi connectivity index (χ4v) is 8.44. The molecule has 4 heterocycles. The summed E-state index contributed by atoms with van der Waals surface area (Å²) in [5, 5.41) is 23.5. The molecule has 8 nitrogen and oxygen atoms in total. The number of phenols is 1. The molecule has 1 aliphatic carbocycles. The normalized spacial score (nSPS) is 22.4. The summed E-state index contributed by atoms with van der Waals surface area (Å²) in [6, 6.07) is 23.1. The quantitative estimate of drug-likeness (QED) is 0.108. The minimum absolute atomic E-state index is 0.156. The number of fused-ring (bicyclic) bond motifs is 3. The molecule has 49 heavy (non-hydrogen) atoms. The van der Waals surface area contributed by atoms with Crippen molar-refractivity contribution in [2.24, 2.45) is 17.8 Å². The highest BCUT2D eigenvalue weighted by atomic mass is 32.1. The van der Waals surface area contributed by atoms with Crippen LogP contribution < -0.4 is 4.74 Å². The Balaban J connectivity index is 1.23. The SMILES string of the molecule is Cc1cc(/C=C(/CC[C@H]2OB(O)C[C@H]3C2=C(COc2ccccc2)C[C@H]2C(=O)N(Cc4cccs4)C(=O)[C@H]23)c2ccccn2)cc(C)c1O. The summed E-state index contributed by atoms with van der Waals surface area (Å²) in [5.41, 5.74) is 6.27. The van der Waals surface area contributed by atoms with Crippen molar-refractivity contribution in [1.29, 1.82) is 0 Å². The summed E-state index contributed by atoms with van der Waals surface area (Å²) in [5.74, 6) is -0.740. The second kappa shape index (κ2) is 14.2. The molecule has 2 aromatic heterocycles. The maximum Gasteiger partial charge on any atom is 0.455 e. The maximum atomic E-state index is 14.1. The molecular weight excluding hydrogens is 635 g/mol. The van der Waals surface area contributed by atoms with E-state index < -0.39 is 25.1 Å². The van der Waals surface area contributed by atoms with Gasteiger partial charge in [0.1, 0.15) is 18.1 Å². The van der Waals surface area contributed by atoms with Gasteiger partial charge in [-0.15, -0.1) is 11.3 Å². The van der Waals surface area contributed by atoms with E-state index in [9.17, 15) is 19.7 Å². The van der Waals surface area contributed by atoms with Gasteiger partial charge in [-0.25, -0.2) is 0 Å². The van der Waals surface area contributed by atoms with E-state index in [0.29, 0.717) is 19.3 Å². The van der Waals surface area contributed by atoms with Crippen LogP contribution in [0.1, 0.15) is 46.5 Å². The van der Waals surface area contributed by atoms with Crippen LogP contribution in [0.5, 0.6) is 11.5 Å². The van der Waals surface area contributed by atoms with Crippen LogP contribution in [0, 0.1) is 31.6 Å². The Morgan fingerprint density at radius 1 is 1.04 bits per heavy atom. The second-order valence-electron chi connectivity index (χ2n) is 13.2. The molecule has 0 spiro atoms. The Morgan fingerprint density at radius 2 is 1.82 bits per heavy atom. The standard InChI is InChI=1S/C39H39BN2O6S/c1-24-17-26(18-25(2)37(24)43)19-27(33-12-6-7-15-41-33)13-14-34-35-28(23-47-29-9-4-3-5-10-29)20-31-36(32(35)21-40(46)48-34)39(45)42(38(31)44)22-30-11-8-16-49-30/h3-12,15-19,31-32,34,36,43,46H,13-14,20-23H2,1-2H3/b27-19-/t31-,32+,34-,36-/m1/s1. The number of rotatable bonds is 10. The molecule has 4 aromatic rings. The number of carbonyl (C=O) groups is 2. The largest absolute Gasteiger partial charge is 0.507 e. The zero-order valence-corrected chi connectivity index (χ0v) is 28.4. The predicted molar refractivity (Wildman–Crippen MR) is 191 cm³/mol. The van der Waals surface area contributed by atoms with E-state index in [-0.39, 0.29) is 43.0 Å². The highest BCUT2D eigenvalue weighted by molar-refractivity contribution is 7.09. The summed E-state index contributed by atoms with van der Waals surface area (Å²) in [4.78, 5) is 35.0. The number of amides is 2. The van der Waals surface area contributed by atoms with Gasteiger partial charge in [-0.05, 0) is 133 Å².